The van der Waals surface area contributed by atoms with Crippen LogP contribution in [0.25, 0.3) is 0 Å². The maximum Gasteiger partial charge on any atom is 0.332 e. The lowest BCUT2D eigenvalue weighted by molar-refractivity contribution is -0.152. The van der Waals surface area contributed by atoms with Gasteiger partial charge in [0.25, 0.3) is 0 Å². The monoisotopic (exact) mass is 351 g/mol. The van der Waals surface area contributed by atoms with Crippen molar-refractivity contribution in [2.24, 2.45) is 0 Å². The minimum atomic E-state index is -1.04. The maximum absolute atomic E-state index is 12.3. The number of amides is 1. The summed E-state index contributed by atoms with van der Waals surface area (Å²) < 4.78 is 16.6. The van der Waals surface area contributed by atoms with Crippen molar-refractivity contribution in [1.29, 1.82) is 0 Å². The minimum absolute atomic E-state index is 0.0362. The van der Waals surface area contributed by atoms with Gasteiger partial charge in [0.05, 0.1) is 13.2 Å². The third kappa shape index (κ3) is 5.17. The molecule has 2 N–H and O–H groups in total. The summed E-state index contributed by atoms with van der Waals surface area (Å²) in [4.78, 5) is 23.2. The maximum atomic E-state index is 12.3. The van der Waals surface area contributed by atoms with Crippen molar-refractivity contribution in [1.82, 2.24) is 5.32 Å². The van der Waals surface area contributed by atoms with Crippen LogP contribution in [0.1, 0.15) is 38.4 Å². The highest BCUT2D eigenvalue weighted by molar-refractivity contribution is 5.82. The Morgan fingerprint density at radius 2 is 1.96 bits per heavy atom. The first-order valence-electron chi connectivity index (χ1n) is 8.36. The average Bonchev–Trinajstić information content (AvgIpc) is 3.08. The van der Waals surface area contributed by atoms with Crippen LogP contribution in [0.4, 0.5) is 0 Å². The normalized spacial score (nSPS) is 21.1. The molecule has 1 amide bonds. The molecule has 1 heterocycles. The number of benzene rings is 1. The molecular formula is C18H25NO6. The second-order valence-electron chi connectivity index (χ2n) is 6.19. The number of para-hydroxylation sites is 1. The summed E-state index contributed by atoms with van der Waals surface area (Å²) in [6, 6.07) is 7.48. The van der Waals surface area contributed by atoms with Crippen molar-refractivity contribution in [2.75, 3.05) is 13.7 Å². The summed E-state index contributed by atoms with van der Waals surface area (Å²) in [6.45, 7) is 4.08. The highest BCUT2D eigenvalue weighted by atomic mass is 16.5. The van der Waals surface area contributed by atoms with Gasteiger partial charge < -0.3 is 24.6 Å². The van der Waals surface area contributed by atoms with E-state index in [0.29, 0.717) is 18.6 Å². The van der Waals surface area contributed by atoms with E-state index in [4.69, 9.17) is 19.3 Å². The van der Waals surface area contributed by atoms with Gasteiger partial charge in [0.2, 0.25) is 5.91 Å². The van der Waals surface area contributed by atoms with Crippen LogP contribution in [-0.4, -0.2) is 48.9 Å². The molecule has 0 aromatic heterocycles. The van der Waals surface area contributed by atoms with Gasteiger partial charge in [-0.2, -0.15) is 0 Å². The molecule has 1 unspecified atom stereocenters. The Balaban J connectivity index is 2.01. The van der Waals surface area contributed by atoms with Gasteiger partial charge in [-0.1, -0.05) is 18.2 Å². The Hall–Kier alpha value is -2.12. The van der Waals surface area contributed by atoms with Crippen molar-refractivity contribution in [2.45, 2.75) is 51.1 Å². The summed E-state index contributed by atoms with van der Waals surface area (Å²) in [5.74, 6) is -0.674. The van der Waals surface area contributed by atoms with Gasteiger partial charge in [-0.3, -0.25) is 4.79 Å². The van der Waals surface area contributed by atoms with Crippen molar-refractivity contribution in [3.8, 4) is 5.75 Å². The van der Waals surface area contributed by atoms with Gasteiger partial charge in [-0.05, 0) is 32.8 Å². The van der Waals surface area contributed by atoms with Crippen LogP contribution in [0, 0.1) is 0 Å². The zero-order valence-corrected chi connectivity index (χ0v) is 14.7. The van der Waals surface area contributed by atoms with Gasteiger partial charge in [-0.25, -0.2) is 4.79 Å². The molecule has 7 heteroatoms. The standard InChI is InChI=1S/C18H25NO6/c1-11(2)24-16(12-6-4-5-7-13(12)23-3)10-19-17(20)14-8-9-15(25-14)18(21)22/h4-7,11,14-16H,8-10H2,1-3H3,(H,19,20)(H,21,22)/t14-,15+,16?/m0/s1. The highest BCUT2D eigenvalue weighted by Crippen LogP contribution is 2.28. The van der Waals surface area contributed by atoms with Crippen LogP contribution in [-0.2, 0) is 19.1 Å². The summed E-state index contributed by atoms with van der Waals surface area (Å²) >= 11 is 0. The van der Waals surface area contributed by atoms with Crippen molar-refractivity contribution < 1.29 is 28.9 Å². The van der Waals surface area contributed by atoms with Gasteiger partial charge in [0, 0.05) is 12.1 Å². The fourth-order valence-corrected chi connectivity index (χ4v) is 2.81. The molecule has 1 aromatic carbocycles. The quantitative estimate of drug-likeness (QED) is 0.743. The second kappa shape index (κ2) is 8.82. The first-order valence-corrected chi connectivity index (χ1v) is 8.36. The lowest BCUT2D eigenvalue weighted by atomic mass is 10.1. The number of carbonyl (C=O) groups is 2. The molecule has 1 aliphatic heterocycles. The topological polar surface area (TPSA) is 94.1 Å². The predicted octanol–water partition coefficient (Wildman–Crippen LogP) is 1.91. The van der Waals surface area contributed by atoms with E-state index in [1.807, 2.05) is 38.1 Å². The molecule has 2 rings (SSSR count). The zero-order valence-electron chi connectivity index (χ0n) is 14.7. The van der Waals surface area contributed by atoms with Crippen molar-refractivity contribution in [3.63, 3.8) is 0 Å². The number of carbonyl (C=O) groups excluding carboxylic acids is 1. The third-order valence-corrected chi connectivity index (χ3v) is 3.97. The molecule has 0 spiro atoms. The number of carboxylic acids is 1. The number of hydrogen-bond acceptors (Lipinski definition) is 5. The Kier molecular flexibility index (Phi) is 6.78. The Morgan fingerprint density at radius 3 is 2.56 bits per heavy atom. The summed E-state index contributed by atoms with van der Waals surface area (Å²) in [7, 11) is 1.59. The largest absolute Gasteiger partial charge is 0.496 e. The van der Waals surface area contributed by atoms with E-state index >= 15 is 0 Å². The van der Waals surface area contributed by atoms with E-state index in [-0.39, 0.29) is 24.7 Å². The van der Waals surface area contributed by atoms with Crippen molar-refractivity contribution >= 4 is 11.9 Å². The molecule has 1 fully saturated rings. The molecule has 1 aromatic rings. The van der Waals surface area contributed by atoms with Crippen molar-refractivity contribution in [3.05, 3.63) is 29.8 Å². The van der Waals surface area contributed by atoms with Crippen LogP contribution in [0.5, 0.6) is 5.75 Å². The van der Waals surface area contributed by atoms with Crippen LogP contribution < -0.4 is 10.1 Å². The Morgan fingerprint density at radius 1 is 1.28 bits per heavy atom. The SMILES string of the molecule is COc1ccccc1C(CNC(=O)[C@@H]1CC[C@H](C(=O)O)O1)OC(C)C. The number of carboxylic acid groups (broad SMARTS) is 1. The smallest absolute Gasteiger partial charge is 0.332 e. The van der Waals surface area contributed by atoms with E-state index in [1.54, 1.807) is 7.11 Å². The Labute approximate surface area is 147 Å². The molecule has 0 aliphatic carbocycles. The lowest BCUT2D eigenvalue weighted by Crippen LogP contribution is -2.38. The lowest BCUT2D eigenvalue weighted by Gasteiger charge is -2.23. The van der Waals surface area contributed by atoms with Gasteiger partial charge in [0.1, 0.15) is 18.0 Å². The number of rotatable bonds is 8. The van der Waals surface area contributed by atoms with Crippen LogP contribution in [0.2, 0.25) is 0 Å². The van der Waals surface area contributed by atoms with E-state index in [2.05, 4.69) is 5.32 Å². The van der Waals surface area contributed by atoms with Crippen LogP contribution in [0.15, 0.2) is 24.3 Å². The predicted molar refractivity (Wildman–Crippen MR) is 90.5 cm³/mol. The first kappa shape index (κ1) is 19.2. The molecule has 138 valence electrons. The Bertz CT molecular complexity index is 603. The summed E-state index contributed by atoms with van der Waals surface area (Å²) in [5, 5.41) is 11.7. The molecule has 0 radical (unpaired) electrons. The van der Waals surface area contributed by atoms with E-state index in [0.717, 1.165) is 5.56 Å². The van der Waals surface area contributed by atoms with Gasteiger partial charge >= 0.3 is 5.97 Å². The fraction of sp³-hybridized carbons (Fsp3) is 0.556. The molecule has 3 atom stereocenters. The molecular weight excluding hydrogens is 326 g/mol. The number of hydrogen-bond donors (Lipinski definition) is 2. The number of methoxy groups -OCH3 is 1. The summed E-state index contributed by atoms with van der Waals surface area (Å²) in [6.07, 6.45) is -1.33. The zero-order chi connectivity index (χ0) is 18.4. The average molecular weight is 351 g/mol. The molecule has 7 nitrogen and oxygen atoms in total. The second-order valence-corrected chi connectivity index (χ2v) is 6.19. The van der Waals surface area contributed by atoms with E-state index in [1.165, 1.54) is 0 Å². The first-order chi connectivity index (χ1) is 11.9. The van der Waals surface area contributed by atoms with E-state index in [9.17, 15) is 9.59 Å². The summed E-state index contributed by atoms with van der Waals surface area (Å²) in [5.41, 5.74) is 0.842. The third-order valence-electron chi connectivity index (χ3n) is 3.97. The molecule has 1 aliphatic rings. The molecule has 0 bridgehead atoms. The number of ether oxygens (including phenoxy) is 3. The van der Waals surface area contributed by atoms with Crippen LogP contribution >= 0.6 is 0 Å². The number of nitrogens with one attached hydrogen (secondary N) is 1. The highest BCUT2D eigenvalue weighted by Gasteiger charge is 2.35. The molecule has 25 heavy (non-hydrogen) atoms. The van der Waals surface area contributed by atoms with Crippen LogP contribution in [0.3, 0.4) is 0 Å². The van der Waals surface area contributed by atoms with Gasteiger partial charge in [0.15, 0.2) is 6.10 Å². The molecule has 0 saturated carbocycles. The number of aliphatic carboxylic acids is 1. The fourth-order valence-electron chi connectivity index (χ4n) is 2.81. The van der Waals surface area contributed by atoms with E-state index < -0.39 is 18.2 Å². The van der Waals surface area contributed by atoms with Gasteiger partial charge in [-0.15, -0.1) is 0 Å². The minimum Gasteiger partial charge on any atom is -0.496 e. The molecule has 1 saturated heterocycles.